The second kappa shape index (κ2) is 5.01. The number of nitrogens with one attached hydrogen (secondary N) is 1. The van der Waals surface area contributed by atoms with Gasteiger partial charge in [-0.3, -0.25) is 0 Å². The fourth-order valence-electron chi connectivity index (χ4n) is 3.99. The molecule has 1 aromatic carbocycles. The third-order valence-corrected chi connectivity index (χ3v) is 5.23. The Hall–Kier alpha value is -2.02. The average molecular weight is 289 g/mol. The van der Waals surface area contributed by atoms with Crippen molar-refractivity contribution in [1.29, 1.82) is 0 Å². The maximum absolute atomic E-state index is 3.60. The number of hydrogen-bond donors (Lipinski definition) is 1. The van der Waals surface area contributed by atoms with Gasteiger partial charge in [-0.2, -0.15) is 0 Å². The molecule has 0 amide bonds. The summed E-state index contributed by atoms with van der Waals surface area (Å²) in [6.07, 6.45) is 15.8. The maximum Gasteiger partial charge on any atom is 0.0385 e. The van der Waals surface area contributed by atoms with Crippen LogP contribution in [0.2, 0.25) is 0 Å². The molecule has 0 saturated carbocycles. The molecule has 1 heteroatoms. The Morgan fingerprint density at radius 2 is 1.91 bits per heavy atom. The number of hydrogen-bond acceptors (Lipinski definition) is 1. The Balaban J connectivity index is 1.71. The quantitative estimate of drug-likeness (QED) is 0.733. The Bertz CT molecular complexity index is 741. The van der Waals surface area contributed by atoms with Crippen LogP contribution in [0.25, 0.3) is 5.57 Å². The van der Waals surface area contributed by atoms with Crippen LogP contribution in [0.3, 0.4) is 0 Å². The van der Waals surface area contributed by atoms with Gasteiger partial charge in [0.1, 0.15) is 0 Å². The number of benzene rings is 1. The zero-order chi connectivity index (χ0) is 15.2. The van der Waals surface area contributed by atoms with Gasteiger partial charge in [0.25, 0.3) is 0 Å². The number of anilines is 1. The molecule has 0 aromatic heterocycles. The van der Waals surface area contributed by atoms with E-state index in [-0.39, 0.29) is 5.41 Å². The molecule has 0 bridgehead atoms. The van der Waals surface area contributed by atoms with E-state index in [1.165, 1.54) is 40.9 Å². The second-order valence-corrected chi connectivity index (χ2v) is 7.00. The average Bonchev–Trinajstić information content (AvgIpc) is 2.77. The fourth-order valence-corrected chi connectivity index (χ4v) is 3.99. The lowest BCUT2D eigenvalue weighted by molar-refractivity contribution is 0.607. The van der Waals surface area contributed by atoms with Gasteiger partial charge in [-0.25, -0.2) is 0 Å². The first-order valence-electron chi connectivity index (χ1n) is 8.34. The lowest BCUT2D eigenvalue weighted by Crippen LogP contribution is -2.18. The number of rotatable bonds is 2. The van der Waals surface area contributed by atoms with E-state index in [1.54, 1.807) is 5.57 Å². The Morgan fingerprint density at radius 3 is 2.73 bits per heavy atom. The van der Waals surface area contributed by atoms with E-state index in [1.807, 2.05) is 0 Å². The van der Waals surface area contributed by atoms with Crippen molar-refractivity contribution >= 4 is 11.3 Å². The van der Waals surface area contributed by atoms with Crippen LogP contribution in [0.1, 0.15) is 50.7 Å². The van der Waals surface area contributed by atoms with Crippen molar-refractivity contribution in [3.05, 3.63) is 71.0 Å². The van der Waals surface area contributed by atoms with E-state index in [9.17, 15) is 0 Å². The molecule has 4 rings (SSSR count). The van der Waals surface area contributed by atoms with Crippen molar-refractivity contribution in [2.24, 2.45) is 0 Å². The monoisotopic (exact) mass is 289 g/mol. The number of allylic oxidation sites excluding steroid dienone is 8. The lowest BCUT2D eigenvalue weighted by atomic mass is 9.78. The summed E-state index contributed by atoms with van der Waals surface area (Å²) >= 11 is 0. The first-order chi connectivity index (χ1) is 10.7. The highest BCUT2D eigenvalue weighted by molar-refractivity contribution is 5.87. The second-order valence-electron chi connectivity index (χ2n) is 7.00. The fraction of sp³-hybridized carbons (Fsp3) is 0.333. The summed E-state index contributed by atoms with van der Waals surface area (Å²) in [6.45, 7) is 4.75. The van der Waals surface area contributed by atoms with E-state index in [4.69, 9.17) is 0 Å². The van der Waals surface area contributed by atoms with E-state index >= 15 is 0 Å². The van der Waals surface area contributed by atoms with E-state index in [0.29, 0.717) is 0 Å². The molecule has 0 aliphatic heterocycles. The zero-order valence-corrected chi connectivity index (χ0v) is 13.4. The van der Waals surface area contributed by atoms with Crippen molar-refractivity contribution in [3.8, 4) is 0 Å². The van der Waals surface area contributed by atoms with Crippen LogP contribution in [0, 0.1) is 0 Å². The van der Waals surface area contributed by atoms with Gasteiger partial charge < -0.3 is 5.32 Å². The first kappa shape index (κ1) is 13.6. The molecular weight excluding hydrogens is 266 g/mol. The number of fused-ring (bicyclic) bond motifs is 2. The van der Waals surface area contributed by atoms with Gasteiger partial charge >= 0.3 is 0 Å². The van der Waals surface area contributed by atoms with Crippen LogP contribution in [0.15, 0.2) is 59.8 Å². The van der Waals surface area contributed by atoms with E-state index in [0.717, 1.165) is 12.8 Å². The van der Waals surface area contributed by atoms with Gasteiger partial charge in [0.2, 0.25) is 0 Å². The van der Waals surface area contributed by atoms with Gasteiger partial charge in [0.15, 0.2) is 0 Å². The minimum Gasteiger partial charge on any atom is -0.359 e. The molecule has 0 atom stereocenters. The van der Waals surface area contributed by atoms with Gasteiger partial charge in [-0.15, -0.1) is 0 Å². The van der Waals surface area contributed by atoms with Crippen molar-refractivity contribution < 1.29 is 0 Å². The summed E-state index contributed by atoms with van der Waals surface area (Å²) in [5, 5.41) is 3.60. The van der Waals surface area contributed by atoms with E-state index < -0.39 is 0 Å². The highest BCUT2D eigenvalue weighted by atomic mass is 14.9. The summed E-state index contributed by atoms with van der Waals surface area (Å²) in [5.41, 5.74) is 8.68. The van der Waals surface area contributed by atoms with Gasteiger partial charge in [-0.05, 0) is 60.6 Å². The summed E-state index contributed by atoms with van der Waals surface area (Å²) in [7, 11) is 0. The Labute approximate surface area is 133 Å². The third-order valence-electron chi connectivity index (χ3n) is 5.23. The van der Waals surface area contributed by atoms with E-state index in [2.05, 4.69) is 67.7 Å². The molecule has 0 saturated heterocycles. The maximum atomic E-state index is 3.60. The smallest absolute Gasteiger partial charge is 0.0385 e. The first-order valence-corrected chi connectivity index (χ1v) is 8.34. The lowest BCUT2D eigenvalue weighted by Gasteiger charge is -2.26. The topological polar surface area (TPSA) is 12.0 Å². The molecule has 0 heterocycles. The van der Waals surface area contributed by atoms with Crippen LogP contribution in [0.5, 0.6) is 0 Å². The van der Waals surface area contributed by atoms with Gasteiger partial charge in [0, 0.05) is 16.8 Å². The largest absolute Gasteiger partial charge is 0.359 e. The highest BCUT2D eigenvalue weighted by Gasteiger charge is 2.37. The molecule has 0 spiro atoms. The predicted octanol–water partition coefficient (Wildman–Crippen LogP) is 5.73. The molecular formula is C21H23N. The molecule has 112 valence electrons. The van der Waals surface area contributed by atoms with Gasteiger partial charge in [-0.1, -0.05) is 49.8 Å². The van der Waals surface area contributed by atoms with Crippen molar-refractivity contribution in [1.82, 2.24) is 0 Å². The van der Waals surface area contributed by atoms with Crippen LogP contribution in [-0.2, 0) is 5.41 Å². The molecule has 3 aliphatic rings. The molecule has 0 fully saturated rings. The summed E-state index contributed by atoms with van der Waals surface area (Å²) in [4.78, 5) is 0. The van der Waals surface area contributed by atoms with Crippen LogP contribution < -0.4 is 5.32 Å². The molecule has 3 aliphatic carbocycles. The Kier molecular flexibility index (Phi) is 3.11. The van der Waals surface area contributed by atoms with Crippen molar-refractivity contribution in [2.45, 2.75) is 44.9 Å². The predicted molar refractivity (Wildman–Crippen MR) is 94.8 cm³/mol. The minimum atomic E-state index is 0.161. The zero-order valence-electron chi connectivity index (χ0n) is 13.4. The van der Waals surface area contributed by atoms with Crippen LogP contribution >= 0.6 is 0 Å². The molecule has 0 radical (unpaired) electrons. The minimum absolute atomic E-state index is 0.161. The summed E-state index contributed by atoms with van der Waals surface area (Å²) < 4.78 is 0. The standard InChI is InChI=1S/C21H23N/c1-21(2)19-11-7-6-10-17(19)18-13-12-16(14-20(18)21)22-15-8-4-3-5-9-15/h3-4,6,8,10,12-14,22H,5,7,9,11H2,1-2H3. The highest BCUT2D eigenvalue weighted by Crippen LogP contribution is 2.50. The van der Waals surface area contributed by atoms with Gasteiger partial charge in [0.05, 0.1) is 0 Å². The summed E-state index contributed by atoms with van der Waals surface area (Å²) in [5.74, 6) is 0. The molecule has 0 unspecified atom stereocenters. The normalized spacial score (nSPS) is 21.5. The van der Waals surface area contributed by atoms with Crippen LogP contribution in [0.4, 0.5) is 5.69 Å². The molecule has 1 nitrogen and oxygen atoms in total. The van der Waals surface area contributed by atoms with Crippen molar-refractivity contribution in [2.75, 3.05) is 5.32 Å². The molecule has 1 aromatic rings. The van der Waals surface area contributed by atoms with Crippen LogP contribution in [-0.4, -0.2) is 0 Å². The summed E-state index contributed by atoms with van der Waals surface area (Å²) in [6, 6.07) is 6.89. The Morgan fingerprint density at radius 1 is 1.05 bits per heavy atom. The molecule has 1 N–H and O–H groups in total. The molecule has 22 heavy (non-hydrogen) atoms. The third kappa shape index (κ3) is 2.08. The van der Waals surface area contributed by atoms with Crippen molar-refractivity contribution in [3.63, 3.8) is 0 Å². The SMILES string of the molecule is CC1(C)C2=C(C=CCC2)c2ccc(NC3=CC=CCC3)cc21.